The summed E-state index contributed by atoms with van der Waals surface area (Å²) >= 11 is 6.18. The van der Waals surface area contributed by atoms with E-state index in [1.165, 1.54) is 6.07 Å². The molecule has 144 valence electrons. The Morgan fingerprint density at radius 1 is 1.38 bits per heavy atom. The first kappa shape index (κ1) is 19.4. The minimum Gasteiger partial charge on any atom is -0.379 e. The van der Waals surface area contributed by atoms with Crippen LogP contribution in [0.15, 0.2) is 23.2 Å². The van der Waals surface area contributed by atoms with Gasteiger partial charge in [0.1, 0.15) is 5.82 Å². The lowest BCUT2D eigenvalue weighted by Gasteiger charge is -2.26. The molecule has 5 nitrogen and oxygen atoms in total. The van der Waals surface area contributed by atoms with Crippen LogP contribution in [0.3, 0.4) is 0 Å². The van der Waals surface area contributed by atoms with E-state index in [0.717, 1.165) is 64.7 Å². The van der Waals surface area contributed by atoms with Gasteiger partial charge in [-0.25, -0.2) is 4.39 Å². The van der Waals surface area contributed by atoms with Crippen molar-refractivity contribution in [3.05, 3.63) is 34.6 Å². The topological polar surface area (TPSA) is 48.9 Å². The fourth-order valence-electron chi connectivity index (χ4n) is 3.34. The maximum absolute atomic E-state index is 14.1. The average molecular weight is 383 g/mol. The molecule has 3 rings (SSSR count). The number of hydrogen-bond acceptors (Lipinski definition) is 3. The summed E-state index contributed by atoms with van der Waals surface area (Å²) in [4.78, 5) is 7.07. The van der Waals surface area contributed by atoms with Gasteiger partial charge in [-0.3, -0.25) is 9.89 Å². The van der Waals surface area contributed by atoms with Gasteiger partial charge in [-0.1, -0.05) is 17.7 Å². The Kier molecular flexibility index (Phi) is 7.11. The molecule has 1 aromatic rings. The molecule has 2 fully saturated rings. The van der Waals surface area contributed by atoms with E-state index in [2.05, 4.69) is 20.5 Å². The predicted octanol–water partition coefficient (Wildman–Crippen LogP) is 2.61. The van der Waals surface area contributed by atoms with Crippen LogP contribution in [0.2, 0.25) is 5.02 Å². The maximum atomic E-state index is 14.1. The van der Waals surface area contributed by atoms with E-state index >= 15 is 0 Å². The predicted molar refractivity (Wildman–Crippen MR) is 104 cm³/mol. The Balaban J connectivity index is 1.47. The first-order chi connectivity index (χ1) is 12.7. The van der Waals surface area contributed by atoms with Crippen molar-refractivity contribution in [2.45, 2.75) is 31.7 Å². The summed E-state index contributed by atoms with van der Waals surface area (Å²) in [7, 11) is 0. The van der Waals surface area contributed by atoms with Gasteiger partial charge in [0.25, 0.3) is 0 Å². The van der Waals surface area contributed by atoms with Crippen LogP contribution in [0.1, 0.15) is 31.2 Å². The van der Waals surface area contributed by atoms with E-state index in [4.69, 9.17) is 16.3 Å². The van der Waals surface area contributed by atoms with Gasteiger partial charge >= 0.3 is 0 Å². The van der Waals surface area contributed by atoms with Gasteiger partial charge in [-0.2, -0.15) is 0 Å². The molecule has 1 aliphatic heterocycles. The van der Waals surface area contributed by atoms with Gasteiger partial charge in [0, 0.05) is 55.3 Å². The minimum absolute atomic E-state index is 0.112. The Morgan fingerprint density at radius 3 is 2.92 bits per heavy atom. The van der Waals surface area contributed by atoms with Crippen LogP contribution in [-0.4, -0.2) is 62.8 Å². The molecule has 0 bridgehead atoms. The lowest BCUT2D eigenvalue weighted by molar-refractivity contribution is 0.0377. The number of rotatable bonds is 7. The number of ether oxygens (including phenoxy) is 1. The van der Waals surface area contributed by atoms with E-state index in [-0.39, 0.29) is 17.8 Å². The van der Waals surface area contributed by atoms with Crippen LogP contribution < -0.4 is 10.6 Å². The molecule has 0 amide bonds. The smallest absolute Gasteiger partial charge is 0.191 e. The van der Waals surface area contributed by atoms with E-state index in [9.17, 15) is 4.39 Å². The summed E-state index contributed by atoms with van der Waals surface area (Å²) in [5.74, 6) is 0.689. The normalized spacial score (nSPS) is 23.7. The fourth-order valence-corrected chi connectivity index (χ4v) is 3.65. The number of guanidine groups is 1. The summed E-state index contributed by atoms with van der Waals surface area (Å²) in [5.41, 5.74) is 0.620. The largest absolute Gasteiger partial charge is 0.379 e. The monoisotopic (exact) mass is 382 g/mol. The van der Waals surface area contributed by atoms with Crippen molar-refractivity contribution in [3.63, 3.8) is 0 Å². The van der Waals surface area contributed by atoms with Gasteiger partial charge < -0.3 is 15.4 Å². The molecular weight excluding hydrogens is 355 g/mol. The Morgan fingerprint density at radius 2 is 2.19 bits per heavy atom. The highest BCUT2D eigenvalue weighted by atomic mass is 35.5. The van der Waals surface area contributed by atoms with E-state index in [1.54, 1.807) is 12.1 Å². The standard InChI is InChI=1S/C19H28ClFN4O/c1-2-22-19(23-7-4-8-25-9-11-26-12-10-25)24-17-13-14(17)18-15(20)5-3-6-16(18)21/h3,5-6,14,17H,2,4,7-13H2,1H3,(H2,22,23,24). The third-order valence-electron chi connectivity index (χ3n) is 4.83. The SMILES string of the molecule is CCNC(=NCCCN1CCOCC1)NC1CC1c1c(F)cccc1Cl. The van der Waals surface area contributed by atoms with Crippen molar-refractivity contribution in [3.8, 4) is 0 Å². The highest BCUT2D eigenvalue weighted by Crippen LogP contribution is 2.44. The molecule has 1 aromatic carbocycles. The lowest BCUT2D eigenvalue weighted by atomic mass is 10.1. The van der Waals surface area contributed by atoms with Gasteiger partial charge in [0.15, 0.2) is 5.96 Å². The summed E-state index contributed by atoms with van der Waals surface area (Å²) in [6.07, 6.45) is 1.89. The zero-order valence-electron chi connectivity index (χ0n) is 15.3. The fraction of sp³-hybridized carbons (Fsp3) is 0.632. The number of hydrogen-bond donors (Lipinski definition) is 2. The van der Waals surface area contributed by atoms with Gasteiger partial charge in [-0.05, 0) is 31.9 Å². The highest BCUT2D eigenvalue weighted by Gasteiger charge is 2.41. The number of benzene rings is 1. The van der Waals surface area contributed by atoms with Gasteiger partial charge in [0.2, 0.25) is 0 Å². The quantitative estimate of drug-likeness (QED) is 0.432. The number of nitrogens with one attached hydrogen (secondary N) is 2. The summed E-state index contributed by atoms with van der Waals surface area (Å²) < 4.78 is 19.4. The highest BCUT2D eigenvalue weighted by molar-refractivity contribution is 6.31. The molecule has 2 unspecified atom stereocenters. The van der Waals surface area contributed by atoms with Gasteiger partial charge in [-0.15, -0.1) is 0 Å². The zero-order chi connectivity index (χ0) is 18.4. The Labute approximate surface area is 160 Å². The first-order valence-corrected chi connectivity index (χ1v) is 9.85. The lowest BCUT2D eigenvalue weighted by Crippen LogP contribution is -2.39. The minimum atomic E-state index is -0.223. The van der Waals surface area contributed by atoms with Crippen molar-refractivity contribution in [2.75, 3.05) is 45.9 Å². The van der Waals surface area contributed by atoms with Crippen LogP contribution in [0.5, 0.6) is 0 Å². The van der Waals surface area contributed by atoms with E-state index in [0.29, 0.717) is 10.6 Å². The van der Waals surface area contributed by atoms with Crippen LogP contribution >= 0.6 is 11.6 Å². The van der Waals surface area contributed by atoms with Crippen LogP contribution in [-0.2, 0) is 4.74 Å². The zero-order valence-corrected chi connectivity index (χ0v) is 16.1. The molecule has 0 spiro atoms. The molecular formula is C19H28ClFN4O. The van der Waals surface area contributed by atoms with Crippen LogP contribution in [0.4, 0.5) is 4.39 Å². The van der Waals surface area contributed by atoms with E-state index < -0.39 is 0 Å². The van der Waals surface area contributed by atoms with Crippen molar-refractivity contribution >= 4 is 17.6 Å². The van der Waals surface area contributed by atoms with Crippen molar-refractivity contribution in [1.29, 1.82) is 0 Å². The molecule has 2 N–H and O–H groups in total. The molecule has 2 aliphatic rings. The molecule has 1 aliphatic carbocycles. The summed E-state index contributed by atoms with van der Waals surface area (Å²) in [6, 6.07) is 5.05. The molecule has 7 heteroatoms. The molecule has 1 heterocycles. The number of nitrogens with zero attached hydrogens (tertiary/aromatic N) is 2. The third-order valence-corrected chi connectivity index (χ3v) is 5.16. The maximum Gasteiger partial charge on any atom is 0.191 e. The Hall–Kier alpha value is -1.37. The second kappa shape index (κ2) is 9.53. The van der Waals surface area contributed by atoms with Crippen molar-refractivity contribution in [1.82, 2.24) is 15.5 Å². The summed E-state index contributed by atoms with van der Waals surface area (Å²) in [5, 5.41) is 7.19. The molecule has 2 atom stereocenters. The first-order valence-electron chi connectivity index (χ1n) is 9.48. The van der Waals surface area contributed by atoms with Crippen molar-refractivity contribution in [2.24, 2.45) is 4.99 Å². The Bertz CT molecular complexity index is 601. The van der Waals surface area contributed by atoms with Crippen molar-refractivity contribution < 1.29 is 9.13 Å². The van der Waals surface area contributed by atoms with E-state index in [1.807, 2.05) is 6.92 Å². The number of halogens is 2. The van der Waals surface area contributed by atoms with Crippen LogP contribution in [0, 0.1) is 5.82 Å². The molecule has 1 saturated carbocycles. The second-order valence-corrected chi connectivity index (χ2v) is 7.20. The molecule has 0 aromatic heterocycles. The third kappa shape index (κ3) is 5.32. The molecule has 1 saturated heterocycles. The average Bonchev–Trinajstić information content (AvgIpc) is 3.38. The molecule has 26 heavy (non-hydrogen) atoms. The summed E-state index contributed by atoms with van der Waals surface area (Å²) in [6.45, 7) is 8.33. The molecule has 0 radical (unpaired) electrons. The van der Waals surface area contributed by atoms with Gasteiger partial charge in [0.05, 0.1) is 13.2 Å². The number of aliphatic imine (C=N–C) groups is 1. The van der Waals surface area contributed by atoms with Crippen LogP contribution in [0.25, 0.3) is 0 Å². The second-order valence-electron chi connectivity index (χ2n) is 6.80. The number of morpholine rings is 1.